The van der Waals surface area contributed by atoms with Crippen molar-refractivity contribution in [2.24, 2.45) is 5.73 Å². The van der Waals surface area contributed by atoms with Gasteiger partial charge in [0, 0.05) is 28.2 Å². The van der Waals surface area contributed by atoms with Gasteiger partial charge in [0.25, 0.3) is 0 Å². The van der Waals surface area contributed by atoms with E-state index in [0.29, 0.717) is 51.9 Å². The quantitative estimate of drug-likeness (QED) is 0.359. The zero-order valence-electron chi connectivity index (χ0n) is 17.6. The van der Waals surface area contributed by atoms with Crippen molar-refractivity contribution in [2.75, 3.05) is 19.0 Å². The molecule has 0 bridgehead atoms. The second-order valence-corrected chi connectivity index (χ2v) is 8.15. The maximum atomic E-state index is 11.9. The van der Waals surface area contributed by atoms with Crippen LogP contribution in [0.1, 0.15) is 18.1 Å². The SMILES string of the molecule is COc1nc(NCCc2ccc(Cl)cc2Cl)cc(-c2cccc(C(C)(C=O)C(N)=O)c2)n1. The maximum Gasteiger partial charge on any atom is 0.318 e. The Morgan fingerprint density at radius 1 is 1.19 bits per heavy atom. The Hall–Kier alpha value is -3.16. The second kappa shape index (κ2) is 9.97. The Morgan fingerprint density at radius 3 is 2.62 bits per heavy atom. The summed E-state index contributed by atoms with van der Waals surface area (Å²) in [5.41, 5.74) is 6.68. The third-order valence-electron chi connectivity index (χ3n) is 5.11. The summed E-state index contributed by atoms with van der Waals surface area (Å²) >= 11 is 12.2. The van der Waals surface area contributed by atoms with E-state index in [1.807, 2.05) is 12.1 Å². The number of aldehydes is 1. The number of benzene rings is 2. The molecule has 0 saturated carbocycles. The van der Waals surface area contributed by atoms with Crippen molar-refractivity contribution in [2.45, 2.75) is 18.8 Å². The normalized spacial score (nSPS) is 12.6. The highest BCUT2D eigenvalue weighted by Crippen LogP contribution is 2.28. The molecule has 3 aromatic rings. The predicted molar refractivity (Wildman–Crippen MR) is 125 cm³/mol. The van der Waals surface area contributed by atoms with Gasteiger partial charge in [-0.2, -0.15) is 9.97 Å². The van der Waals surface area contributed by atoms with Gasteiger partial charge in [0.1, 0.15) is 17.5 Å². The number of nitrogens with zero attached hydrogens (tertiary/aromatic N) is 2. The van der Waals surface area contributed by atoms with Gasteiger partial charge < -0.3 is 20.6 Å². The minimum absolute atomic E-state index is 0.174. The van der Waals surface area contributed by atoms with Crippen LogP contribution in [0.25, 0.3) is 11.3 Å². The highest BCUT2D eigenvalue weighted by Gasteiger charge is 2.33. The molecule has 0 aliphatic rings. The van der Waals surface area contributed by atoms with Crippen molar-refractivity contribution in [3.63, 3.8) is 0 Å². The molecule has 1 atom stereocenters. The van der Waals surface area contributed by atoms with Gasteiger partial charge >= 0.3 is 6.01 Å². The van der Waals surface area contributed by atoms with E-state index in [1.165, 1.54) is 14.0 Å². The molecule has 2 aromatic carbocycles. The Kier molecular flexibility index (Phi) is 7.33. The molecule has 166 valence electrons. The van der Waals surface area contributed by atoms with E-state index >= 15 is 0 Å². The summed E-state index contributed by atoms with van der Waals surface area (Å²) in [6.07, 6.45) is 1.20. The largest absolute Gasteiger partial charge is 0.467 e. The van der Waals surface area contributed by atoms with Gasteiger partial charge in [-0.05, 0) is 42.7 Å². The highest BCUT2D eigenvalue weighted by atomic mass is 35.5. The molecule has 0 saturated heterocycles. The first-order valence-electron chi connectivity index (χ1n) is 9.75. The third kappa shape index (κ3) is 5.18. The maximum absolute atomic E-state index is 11.9. The third-order valence-corrected chi connectivity index (χ3v) is 5.70. The zero-order valence-corrected chi connectivity index (χ0v) is 19.1. The van der Waals surface area contributed by atoms with Gasteiger partial charge in [0.15, 0.2) is 0 Å². The molecule has 3 rings (SSSR count). The van der Waals surface area contributed by atoms with E-state index in [4.69, 9.17) is 33.7 Å². The number of halogens is 2. The Bertz CT molecular complexity index is 1160. The number of ether oxygens (including phenoxy) is 1. The van der Waals surface area contributed by atoms with Crippen molar-refractivity contribution in [3.05, 3.63) is 69.7 Å². The molecular formula is C23H22Cl2N4O3. The molecule has 1 amide bonds. The van der Waals surface area contributed by atoms with Crippen LogP contribution in [0.2, 0.25) is 10.0 Å². The minimum atomic E-state index is -1.44. The van der Waals surface area contributed by atoms with Gasteiger partial charge in [-0.3, -0.25) is 4.79 Å². The lowest BCUT2D eigenvalue weighted by Crippen LogP contribution is -2.39. The van der Waals surface area contributed by atoms with Gasteiger partial charge in [0.05, 0.1) is 12.8 Å². The van der Waals surface area contributed by atoms with Gasteiger partial charge in [-0.25, -0.2) is 0 Å². The van der Waals surface area contributed by atoms with Crippen molar-refractivity contribution in [1.82, 2.24) is 9.97 Å². The number of carbonyl (C=O) groups excluding carboxylic acids is 2. The van der Waals surface area contributed by atoms with Crippen LogP contribution < -0.4 is 15.8 Å². The Morgan fingerprint density at radius 2 is 1.97 bits per heavy atom. The second-order valence-electron chi connectivity index (χ2n) is 7.30. The molecule has 9 heteroatoms. The van der Waals surface area contributed by atoms with Gasteiger partial charge in [-0.15, -0.1) is 0 Å². The molecule has 0 aliphatic heterocycles. The monoisotopic (exact) mass is 472 g/mol. The summed E-state index contributed by atoms with van der Waals surface area (Å²) in [7, 11) is 1.48. The van der Waals surface area contributed by atoms with Crippen molar-refractivity contribution >= 4 is 41.2 Å². The first-order valence-corrected chi connectivity index (χ1v) is 10.5. The van der Waals surface area contributed by atoms with E-state index < -0.39 is 11.3 Å². The molecule has 0 radical (unpaired) electrons. The molecule has 1 unspecified atom stereocenters. The minimum Gasteiger partial charge on any atom is -0.467 e. The number of anilines is 1. The smallest absolute Gasteiger partial charge is 0.318 e. The summed E-state index contributed by atoms with van der Waals surface area (Å²) in [6.45, 7) is 2.04. The van der Waals surface area contributed by atoms with E-state index in [0.717, 1.165) is 5.56 Å². The van der Waals surface area contributed by atoms with E-state index in [2.05, 4.69) is 15.3 Å². The van der Waals surface area contributed by atoms with Crippen molar-refractivity contribution in [3.8, 4) is 17.3 Å². The number of primary amides is 1. The molecular weight excluding hydrogens is 451 g/mol. The van der Waals surface area contributed by atoms with Crippen LogP contribution in [0, 0.1) is 0 Å². The molecule has 0 aliphatic carbocycles. The fourth-order valence-corrected chi connectivity index (χ4v) is 3.58. The van der Waals surface area contributed by atoms with Crippen LogP contribution in [0.5, 0.6) is 6.01 Å². The number of carbonyl (C=O) groups is 2. The fraction of sp³-hybridized carbons (Fsp3) is 0.217. The number of nitrogens with one attached hydrogen (secondary N) is 1. The van der Waals surface area contributed by atoms with E-state index in [-0.39, 0.29) is 6.01 Å². The first kappa shape index (κ1) is 23.5. The molecule has 0 fully saturated rings. The molecule has 32 heavy (non-hydrogen) atoms. The van der Waals surface area contributed by atoms with E-state index in [1.54, 1.807) is 36.4 Å². The topological polar surface area (TPSA) is 107 Å². The number of aromatic nitrogens is 2. The van der Waals surface area contributed by atoms with Crippen LogP contribution in [0.4, 0.5) is 5.82 Å². The molecule has 7 nitrogen and oxygen atoms in total. The summed E-state index contributed by atoms with van der Waals surface area (Å²) < 4.78 is 5.24. The lowest BCUT2D eigenvalue weighted by Gasteiger charge is -2.20. The summed E-state index contributed by atoms with van der Waals surface area (Å²) in [4.78, 5) is 32.2. The molecule has 1 aromatic heterocycles. The number of hydrogen-bond acceptors (Lipinski definition) is 6. The van der Waals surface area contributed by atoms with Gasteiger partial charge in [0.2, 0.25) is 5.91 Å². The summed E-state index contributed by atoms with van der Waals surface area (Å²) in [5, 5.41) is 4.43. The lowest BCUT2D eigenvalue weighted by atomic mass is 9.82. The molecule has 1 heterocycles. The van der Waals surface area contributed by atoms with Crippen LogP contribution in [0.3, 0.4) is 0 Å². The average Bonchev–Trinajstić information content (AvgIpc) is 2.79. The number of amides is 1. The number of nitrogens with two attached hydrogens (primary N) is 1. The van der Waals surface area contributed by atoms with E-state index in [9.17, 15) is 9.59 Å². The van der Waals surface area contributed by atoms with Gasteiger partial charge in [-0.1, -0.05) is 47.5 Å². The van der Waals surface area contributed by atoms with Crippen molar-refractivity contribution < 1.29 is 14.3 Å². The molecule has 3 N–H and O–H groups in total. The van der Waals surface area contributed by atoms with Crippen LogP contribution in [0.15, 0.2) is 48.5 Å². The standard InChI is InChI=1S/C23H22Cl2N4O3/c1-23(13-30,21(26)31)16-5-3-4-15(10-16)19-12-20(29-22(28-19)32-2)27-9-8-14-6-7-17(24)11-18(14)25/h3-7,10-13H,8-9H2,1-2H3,(H2,26,31)(H,27,28,29). The number of methoxy groups -OCH3 is 1. The average molecular weight is 473 g/mol. The summed E-state index contributed by atoms with van der Waals surface area (Å²) in [5.74, 6) is -0.177. The van der Waals surface area contributed by atoms with Crippen LogP contribution in [-0.4, -0.2) is 35.8 Å². The number of rotatable bonds is 9. The van der Waals surface area contributed by atoms with Crippen LogP contribution in [-0.2, 0) is 21.4 Å². The Labute approximate surface area is 195 Å². The number of hydrogen-bond donors (Lipinski definition) is 2. The highest BCUT2D eigenvalue weighted by molar-refractivity contribution is 6.35. The fourth-order valence-electron chi connectivity index (χ4n) is 3.07. The van der Waals surface area contributed by atoms with Crippen molar-refractivity contribution in [1.29, 1.82) is 0 Å². The molecule has 0 spiro atoms. The van der Waals surface area contributed by atoms with Crippen LogP contribution >= 0.6 is 23.2 Å². The lowest BCUT2D eigenvalue weighted by molar-refractivity contribution is -0.128. The Balaban J connectivity index is 1.86. The zero-order chi connectivity index (χ0) is 23.3. The predicted octanol–water partition coefficient (Wildman–Crippen LogP) is 4.06. The summed E-state index contributed by atoms with van der Waals surface area (Å²) in [6, 6.07) is 14.2. The first-order chi connectivity index (χ1) is 15.3.